The van der Waals surface area contributed by atoms with Gasteiger partial charge in [-0.1, -0.05) is 78.6 Å². The topological polar surface area (TPSA) is 9.23 Å². The first-order valence-electron chi connectivity index (χ1n) is 9.52. The lowest BCUT2D eigenvalue weighted by atomic mass is 10.0. The van der Waals surface area contributed by atoms with Gasteiger partial charge in [-0.2, -0.15) is 0 Å². The summed E-state index contributed by atoms with van der Waals surface area (Å²) < 4.78 is 6.06. The molecule has 0 aromatic carbocycles. The molecule has 1 nitrogen and oxygen atoms in total. The Morgan fingerprint density at radius 2 is 1.43 bits per heavy atom. The maximum atomic E-state index is 6.06. The molecule has 0 fully saturated rings. The summed E-state index contributed by atoms with van der Waals surface area (Å²) in [7, 11) is 0. The molecule has 1 aliphatic rings. The Labute approximate surface area is 133 Å². The lowest BCUT2D eigenvalue weighted by molar-refractivity contribution is 0.167. The average molecular weight is 295 g/mol. The minimum Gasteiger partial charge on any atom is -0.498 e. The van der Waals surface area contributed by atoms with Gasteiger partial charge in [-0.3, -0.25) is 0 Å². The summed E-state index contributed by atoms with van der Waals surface area (Å²) >= 11 is 0. The highest BCUT2D eigenvalue weighted by Crippen LogP contribution is 2.20. The Bertz CT molecular complexity index is 267. The molecule has 0 saturated heterocycles. The van der Waals surface area contributed by atoms with E-state index in [2.05, 4.69) is 26.8 Å². The van der Waals surface area contributed by atoms with Crippen LogP contribution in [0.4, 0.5) is 0 Å². The van der Waals surface area contributed by atoms with Crippen molar-refractivity contribution in [1.29, 1.82) is 0 Å². The predicted octanol–water partition coefficient (Wildman–Crippen LogP) is 6.87. The van der Waals surface area contributed by atoms with E-state index < -0.39 is 0 Å². The van der Waals surface area contributed by atoms with Gasteiger partial charge in [-0.15, -0.1) is 0 Å². The number of hydrogen-bond acceptors (Lipinski definition) is 1. The molecule has 0 radical (unpaired) electrons. The van der Waals surface area contributed by atoms with E-state index in [1.54, 1.807) is 0 Å². The van der Waals surface area contributed by atoms with Gasteiger partial charge >= 0.3 is 0 Å². The second-order valence-corrected chi connectivity index (χ2v) is 7.39. The zero-order chi connectivity index (χ0) is 15.3. The Morgan fingerprint density at radius 1 is 0.905 bits per heavy atom. The summed E-state index contributed by atoms with van der Waals surface area (Å²) in [4.78, 5) is 0. The fraction of sp³-hybridized carbons (Fsp3) is 0.900. The summed E-state index contributed by atoms with van der Waals surface area (Å²) in [5.41, 5.74) is 0. The minimum absolute atomic E-state index is 0.623. The largest absolute Gasteiger partial charge is 0.498 e. The molecule has 0 saturated carbocycles. The van der Waals surface area contributed by atoms with Gasteiger partial charge in [0.25, 0.3) is 0 Å². The van der Waals surface area contributed by atoms with Crippen LogP contribution in [-0.2, 0) is 4.74 Å². The van der Waals surface area contributed by atoms with Gasteiger partial charge in [-0.25, -0.2) is 0 Å². The van der Waals surface area contributed by atoms with Crippen LogP contribution >= 0.6 is 0 Å². The molecule has 0 spiro atoms. The van der Waals surface area contributed by atoms with Crippen molar-refractivity contribution in [2.75, 3.05) is 6.61 Å². The summed E-state index contributed by atoms with van der Waals surface area (Å²) in [5, 5.41) is 0. The summed E-state index contributed by atoms with van der Waals surface area (Å²) in [6.45, 7) is 7.70. The molecule has 1 aliphatic carbocycles. The van der Waals surface area contributed by atoms with Crippen LogP contribution < -0.4 is 0 Å². The van der Waals surface area contributed by atoms with Gasteiger partial charge in [0, 0.05) is 6.42 Å². The molecule has 1 rings (SSSR count). The third-order valence-corrected chi connectivity index (χ3v) is 4.41. The van der Waals surface area contributed by atoms with E-state index in [4.69, 9.17) is 4.74 Å². The highest BCUT2D eigenvalue weighted by Gasteiger charge is 2.06. The molecule has 1 unspecified atom stereocenters. The number of hydrogen-bond donors (Lipinski definition) is 0. The van der Waals surface area contributed by atoms with Crippen molar-refractivity contribution >= 4 is 0 Å². The van der Waals surface area contributed by atoms with E-state index in [1.807, 2.05) is 0 Å². The molecule has 124 valence electrons. The van der Waals surface area contributed by atoms with E-state index in [0.29, 0.717) is 11.8 Å². The molecule has 1 heteroatoms. The smallest absolute Gasteiger partial charge is 0.0922 e. The third-order valence-electron chi connectivity index (χ3n) is 4.41. The monoisotopic (exact) mass is 294 g/mol. The van der Waals surface area contributed by atoms with Crippen LogP contribution in [0, 0.1) is 11.8 Å². The molecule has 0 aliphatic heterocycles. The van der Waals surface area contributed by atoms with Crippen molar-refractivity contribution < 1.29 is 4.74 Å². The molecular formula is C20H38O. The predicted molar refractivity (Wildman–Crippen MR) is 93.4 cm³/mol. The van der Waals surface area contributed by atoms with Crippen LogP contribution in [0.2, 0.25) is 0 Å². The van der Waals surface area contributed by atoms with Crippen LogP contribution in [-0.4, -0.2) is 6.61 Å². The van der Waals surface area contributed by atoms with Crippen LogP contribution in [0.3, 0.4) is 0 Å². The number of allylic oxidation sites excluding steroid dienone is 2. The molecular weight excluding hydrogens is 256 g/mol. The molecule has 0 aromatic rings. The van der Waals surface area contributed by atoms with Gasteiger partial charge in [0.2, 0.25) is 0 Å². The van der Waals surface area contributed by atoms with Crippen molar-refractivity contribution in [3.63, 3.8) is 0 Å². The first kappa shape index (κ1) is 18.6. The Hall–Kier alpha value is -0.460. The summed E-state index contributed by atoms with van der Waals surface area (Å²) in [6.07, 6.45) is 19.0. The fourth-order valence-corrected chi connectivity index (χ4v) is 3.06. The lowest BCUT2D eigenvalue weighted by Gasteiger charge is -2.15. The third kappa shape index (κ3) is 10.8. The molecule has 0 bridgehead atoms. The Morgan fingerprint density at radius 3 is 2.00 bits per heavy atom. The first-order chi connectivity index (χ1) is 10.2. The van der Waals surface area contributed by atoms with Gasteiger partial charge in [0.1, 0.15) is 0 Å². The van der Waals surface area contributed by atoms with Gasteiger partial charge in [0.15, 0.2) is 0 Å². The molecule has 0 amide bonds. The van der Waals surface area contributed by atoms with Crippen LogP contribution in [0.5, 0.6) is 0 Å². The lowest BCUT2D eigenvalue weighted by Crippen LogP contribution is -2.04. The van der Waals surface area contributed by atoms with Crippen LogP contribution in [0.1, 0.15) is 97.8 Å². The zero-order valence-corrected chi connectivity index (χ0v) is 14.8. The highest BCUT2D eigenvalue weighted by molar-refractivity contribution is 4.96. The molecule has 21 heavy (non-hydrogen) atoms. The van der Waals surface area contributed by atoms with E-state index >= 15 is 0 Å². The number of ether oxygens (including phenoxy) is 1. The van der Waals surface area contributed by atoms with Crippen molar-refractivity contribution in [3.05, 3.63) is 11.8 Å². The number of rotatable bonds is 3. The van der Waals surface area contributed by atoms with Crippen molar-refractivity contribution in [1.82, 2.24) is 0 Å². The van der Waals surface area contributed by atoms with Gasteiger partial charge in [0.05, 0.1) is 12.4 Å². The minimum atomic E-state index is 0.623. The van der Waals surface area contributed by atoms with Crippen LogP contribution in [0.15, 0.2) is 11.8 Å². The van der Waals surface area contributed by atoms with Crippen molar-refractivity contribution in [3.8, 4) is 0 Å². The second-order valence-electron chi connectivity index (χ2n) is 7.39. The van der Waals surface area contributed by atoms with E-state index in [1.165, 1.54) is 76.4 Å². The quantitative estimate of drug-likeness (QED) is 0.551. The van der Waals surface area contributed by atoms with Gasteiger partial charge in [-0.05, 0) is 30.8 Å². The van der Waals surface area contributed by atoms with E-state index in [-0.39, 0.29) is 0 Å². The maximum Gasteiger partial charge on any atom is 0.0922 e. The van der Waals surface area contributed by atoms with Crippen molar-refractivity contribution in [2.24, 2.45) is 11.8 Å². The summed E-state index contributed by atoms with van der Waals surface area (Å²) in [5.74, 6) is 2.57. The molecule has 0 heterocycles. The van der Waals surface area contributed by atoms with Crippen molar-refractivity contribution in [2.45, 2.75) is 97.8 Å². The fourth-order valence-electron chi connectivity index (χ4n) is 3.06. The van der Waals surface area contributed by atoms with Crippen LogP contribution in [0.25, 0.3) is 0 Å². The van der Waals surface area contributed by atoms with Gasteiger partial charge < -0.3 is 4.74 Å². The molecule has 1 atom stereocenters. The highest BCUT2D eigenvalue weighted by atomic mass is 16.5. The normalized spacial score (nSPS) is 24.0. The Balaban J connectivity index is 2.46. The zero-order valence-electron chi connectivity index (χ0n) is 14.8. The summed E-state index contributed by atoms with van der Waals surface area (Å²) in [6, 6.07) is 0. The molecule has 0 N–H and O–H groups in total. The van der Waals surface area contributed by atoms with E-state index in [9.17, 15) is 0 Å². The SMILES string of the molecule is CC(C)COC1=CC(C)CCCCCCCCCCCC1. The standard InChI is InChI=1S/C20H38O/c1-18(2)17-21-20-15-13-11-9-7-5-4-6-8-10-12-14-19(3)16-20/h16,18-19H,4-15,17H2,1-3H3. The second kappa shape index (κ2) is 12.1. The van der Waals surface area contributed by atoms with E-state index in [0.717, 1.165) is 13.0 Å². The Kier molecular flexibility index (Phi) is 10.7. The first-order valence-corrected chi connectivity index (χ1v) is 9.52. The average Bonchev–Trinajstić information content (AvgIpc) is 2.45. The maximum absolute atomic E-state index is 6.06. The molecule has 0 aromatic heterocycles.